The third-order valence-electron chi connectivity index (χ3n) is 4.32. The molecule has 1 fully saturated rings. The van der Waals surface area contributed by atoms with Crippen molar-refractivity contribution in [3.05, 3.63) is 34.3 Å². The van der Waals surface area contributed by atoms with E-state index in [9.17, 15) is 0 Å². The van der Waals surface area contributed by atoms with E-state index in [0.717, 1.165) is 30.7 Å². The molecule has 0 saturated carbocycles. The molecule has 1 heterocycles. The molecule has 0 aliphatic carbocycles. The SMILES string of the molecule is CCN1CCN(C(c2ccccc2Br)C(C)N)CC1C. The lowest BCUT2D eigenvalue weighted by atomic mass is 9.97. The van der Waals surface area contributed by atoms with Gasteiger partial charge in [0.25, 0.3) is 0 Å². The summed E-state index contributed by atoms with van der Waals surface area (Å²) in [5.41, 5.74) is 7.61. The second-order valence-electron chi connectivity index (χ2n) is 5.80. The average molecular weight is 340 g/mol. The summed E-state index contributed by atoms with van der Waals surface area (Å²) in [6.45, 7) is 11.1. The van der Waals surface area contributed by atoms with Crippen LogP contribution in [0.4, 0.5) is 0 Å². The molecule has 1 aliphatic heterocycles. The zero-order valence-electron chi connectivity index (χ0n) is 12.7. The van der Waals surface area contributed by atoms with Gasteiger partial charge in [0.05, 0.1) is 6.04 Å². The van der Waals surface area contributed by atoms with Gasteiger partial charge >= 0.3 is 0 Å². The Labute approximate surface area is 131 Å². The zero-order chi connectivity index (χ0) is 14.7. The molecule has 1 saturated heterocycles. The van der Waals surface area contributed by atoms with Crippen LogP contribution in [0.25, 0.3) is 0 Å². The lowest BCUT2D eigenvalue weighted by molar-refractivity contribution is 0.0514. The third-order valence-corrected chi connectivity index (χ3v) is 5.04. The molecule has 4 heteroatoms. The average Bonchev–Trinajstić information content (AvgIpc) is 2.41. The van der Waals surface area contributed by atoms with Crippen molar-refractivity contribution < 1.29 is 0 Å². The van der Waals surface area contributed by atoms with E-state index in [1.807, 2.05) is 0 Å². The standard InChI is InChI=1S/C16H26BrN3/c1-4-19-9-10-20(11-12(19)2)16(13(3)18)14-7-5-6-8-15(14)17/h5-8,12-13,16H,4,9-11,18H2,1-3H3. The topological polar surface area (TPSA) is 32.5 Å². The highest BCUT2D eigenvalue weighted by Crippen LogP contribution is 2.31. The molecule has 1 aliphatic rings. The summed E-state index contributed by atoms with van der Waals surface area (Å²) in [6, 6.07) is 9.45. The molecule has 3 atom stereocenters. The Morgan fingerprint density at radius 2 is 2.05 bits per heavy atom. The molecule has 0 amide bonds. The molecule has 1 aromatic carbocycles. The van der Waals surface area contributed by atoms with Crippen molar-refractivity contribution in [2.24, 2.45) is 5.73 Å². The molecule has 3 nitrogen and oxygen atoms in total. The van der Waals surface area contributed by atoms with Gasteiger partial charge in [0.1, 0.15) is 0 Å². The highest BCUT2D eigenvalue weighted by Gasteiger charge is 2.31. The first kappa shape index (κ1) is 16.0. The normalized spacial score (nSPS) is 24.6. The van der Waals surface area contributed by atoms with Crippen molar-refractivity contribution in [1.82, 2.24) is 9.80 Å². The quantitative estimate of drug-likeness (QED) is 0.915. The maximum absolute atomic E-state index is 6.30. The highest BCUT2D eigenvalue weighted by molar-refractivity contribution is 9.10. The Kier molecular flexibility index (Phi) is 5.61. The Hall–Kier alpha value is -0.420. The predicted octanol–water partition coefficient (Wildman–Crippen LogP) is 2.86. The van der Waals surface area contributed by atoms with Gasteiger partial charge in [-0.2, -0.15) is 0 Å². The van der Waals surface area contributed by atoms with E-state index in [2.05, 4.69) is 70.8 Å². The Morgan fingerprint density at radius 1 is 1.35 bits per heavy atom. The third kappa shape index (κ3) is 3.42. The van der Waals surface area contributed by atoms with Gasteiger partial charge in [-0.3, -0.25) is 9.80 Å². The molecule has 1 aromatic rings. The lowest BCUT2D eigenvalue weighted by Crippen LogP contribution is -2.54. The first-order valence-electron chi connectivity index (χ1n) is 7.52. The van der Waals surface area contributed by atoms with E-state index in [0.29, 0.717) is 6.04 Å². The highest BCUT2D eigenvalue weighted by atomic mass is 79.9. The van der Waals surface area contributed by atoms with Gasteiger partial charge in [-0.1, -0.05) is 41.1 Å². The van der Waals surface area contributed by atoms with Crippen LogP contribution in [-0.2, 0) is 0 Å². The number of benzene rings is 1. The van der Waals surface area contributed by atoms with Gasteiger partial charge in [-0.15, -0.1) is 0 Å². The minimum absolute atomic E-state index is 0.120. The molecule has 2 N–H and O–H groups in total. The van der Waals surface area contributed by atoms with Crippen LogP contribution < -0.4 is 5.73 Å². The molecule has 2 rings (SSSR count). The van der Waals surface area contributed by atoms with E-state index < -0.39 is 0 Å². The van der Waals surface area contributed by atoms with Gasteiger partial charge in [0.15, 0.2) is 0 Å². The predicted molar refractivity (Wildman–Crippen MR) is 88.8 cm³/mol. The van der Waals surface area contributed by atoms with Crippen LogP contribution in [-0.4, -0.2) is 48.1 Å². The molecule has 3 unspecified atom stereocenters. The van der Waals surface area contributed by atoms with Crippen LogP contribution in [0.15, 0.2) is 28.7 Å². The van der Waals surface area contributed by atoms with Crippen molar-refractivity contribution in [2.45, 2.75) is 38.9 Å². The van der Waals surface area contributed by atoms with Crippen LogP contribution in [0.1, 0.15) is 32.4 Å². The number of nitrogens with zero attached hydrogens (tertiary/aromatic N) is 2. The molecule has 0 aromatic heterocycles. The van der Waals surface area contributed by atoms with Crippen LogP contribution in [0, 0.1) is 0 Å². The first-order valence-corrected chi connectivity index (χ1v) is 8.32. The summed E-state index contributed by atoms with van der Waals surface area (Å²) in [7, 11) is 0. The summed E-state index contributed by atoms with van der Waals surface area (Å²) in [5.74, 6) is 0. The first-order chi connectivity index (χ1) is 9.54. The van der Waals surface area contributed by atoms with Gasteiger partial charge in [0, 0.05) is 36.2 Å². The summed E-state index contributed by atoms with van der Waals surface area (Å²) >= 11 is 3.68. The number of piperazine rings is 1. The van der Waals surface area contributed by atoms with Gasteiger partial charge < -0.3 is 5.73 Å². The second-order valence-corrected chi connectivity index (χ2v) is 6.65. The largest absolute Gasteiger partial charge is 0.326 e. The number of halogens is 1. The van der Waals surface area contributed by atoms with E-state index >= 15 is 0 Å². The van der Waals surface area contributed by atoms with E-state index in [1.54, 1.807) is 0 Å². The Morgan fingerprint density at radius 3 is 2.60 bits per heavy atom. The minimum Gasteiger partial charge on any atom is -0.326 e. The van der Waals surface area contributed by atoms with Gasteiger partial charge in [0.2, 0.25) is 0 Å². The van der Waals surface area contributed by atoms with Crippen molar-refractivity contribution in [3.63, 3.8) is 0 Å². The molecule has 0 bridgehead atoms. The zero-order valence-corrected chi connectivity index (χ0v) is 14.3. The van der Waals surface area contributed by atoms with Crippen molar-refractivity contribution in [2.75, 3.05) is 26.2 Å². The van der Waals surface area contributed by atoms with Gasteiger partial charge in [-0.05, 0) is 32.0 Å². The summed E-state index contributed by atoms with van der Waals surface area (Å²) in [4.78, 5) is 5.08. The number of hydrogen-bond donors (Lipinski definition) is 1. The van der Waals surface area contributed by atoms with Crippen molar-refractivity contribution >= 4 is 15.9 Å². The molecule has 20 heavy (non-hydrogen) atoms. The van der Waals surface area contributed by atoms with Crippen molar-refractivity contribution in [1.29, 1.82) is 0 Å². The van der Waals surface area contributed by atoms with Crippen LogP contribution in [0.3, 0.4) is 0 Å². The number of rotatable bonds is 4. The summed E-state index contributed by atoms with van der Waals surface area (Å²) < 4.78 is 1.16. The Balaban J connectivity index is 2.21. The smallest absolute Gasteiger partial charge is 0.0508 e. The molecular formula is C16H26BrN3. The lowest BCUT2D eigenvalue weighted by Gasteiger charge is -2.44. The monoisotopic (exact) mass is 339 g/mol. The maximum atomic E-state index is 6.30. The van der Waals surface area contributed by atoms with Crippen LogP contribution >= 0.6 is 15.9 Å². The summed E-state index contributed by atoms with van der Waals surface area (Å²) in [6.07, 6.45) is 0. The molecular weight excluding hydrogens is 314 g/mol. The van der Waals surface area contributed by atoms with Gasteiger partial charge in [-0.25, -0.2) is 0 Å². The fourth-order valence-electron chi connectivity index (χ4n) is 3.27. The van der Waals surface area contributed by atoms with E-state index in [4.69, 9.17) is 5.73 Å². The fraction of sp³-hybridized carbons (Fsp3) is 0.625. The van der Waals surface area contributed by atoms with E-state index in [-0.39, 0.29) is 12.1 Å². The number of nitrogens with two attached hydrogens (primary N) is 1. The number of likely N-dealkylation sites (N-methyl/N-ethyl adjacent to an activating group) is 1. The van der Waals surface area contributed by atoms with E-state index in [1.165, 1.54) is 5.56 Å². The molecule has 0 spiro atoms. The fourth-order valence-corrected chi connectivity index (χ4v) is 3.79. The maximum Gasteiger partial charge on any atom is 0.0508 e. The second kappa shape index (κ2) is 7.03. The molecule has 112 valence electrons. The van der Waals surface area contributed by atoms with Crippen LogP contribution in [0.5, 0.6) is 0 Å². The number of hydrogen-bond acceptors (Lipinski definition) is 3. The summed E-state index contributed by atoms with van der Waals surface area (Å²) in [5, 5.41) is 0. The minimum atomic E-state index is 0.120. The Bertz CT molecular complexity index is 435. The van der Waals surface area contributed by atoms with Crippen LogP contribution in [0.2, 0.25) is 0 Å². The van der Waals surface area contributed by atoms with Crippen molar-refractivity contribution in [3.8, 4) is 0 Å². The molecule has 0 radical (unpaired) electrons.